The second-order valence-corrected chi connectivity index (χ2v) is 3.81. The predicted molar refractivity (Wildman–Crippen MR) is 65.7 cm³/mol. The van der Waals surface area contributed by atoms with Crippen molar-refractivity contribution in [2.24, 2.45) is 0 Å². The maximum atomic E-state index is 13.3. The van der Waals surface area contributed by atoms with Crippen molar-refractivity contribution in [3.05, 3.63) is 25.3 Å². The second-order valence-electron chi connectivity index (χ2n) is 3.81. The van der Waals surface area contributed by atoms with E-state index in [1.54, 1.807) is 0 Å². The lowest BCUT2D eigenvalue weighted by Gasteiger charge is -2.15. The monoisotopic (exact) mass is 276 g/mol. The van der Waals surface area contributed by atoms with Gasteiger partial charge in [0.2, 0.25) is 0 Å². The molecule has 0 rings (SSSR count). The van der Waals surface area contributed by atoms with Gasteiger partial charge in [0.25, 0.3) is 5.92 Å². The normalized spacial score (nSPS) is 10.6. The van der Waals surface area contributed by atoms with Crippen molar-refractivity contribution in [2.75, 3.05) is 13.2 Å². The first-order chi connectivity index (χ1) is 8.91. The Morgan fingerprint density at radius 3 is 2.00 bits per heavy atom. The van der Waals surface area contributed by atoms with Crippen LogP contribution in [0.3, 0.4) is 0 Å². The Morgan fingerprint density at radius 2 is 1.47 bits per heavy atom. The number of unbranched alkanes of at least 4 members (excludes halogenated alkanes) is 1. The highest BCUT2D eigenvalue weighted by Crippen LogP contribution is 2.25. The second kappa shape index (κ2) is 9.24. The molecule has 0 aromatic heterocycles. The van der Waals surface area contributed by atoms with Gasteiger partial charge in [0, 0.05) is 25.0 Å². The molecule has 0 saturated heterocycles. The van der Waals surface area contributed by atoms with Crippen LogP contribution < -0.4 is 0 Å². The van der Waals surface area contributed by atoms with Crippen molar-refractivity contribution >= 4 is 11.9 Å². The highest BCUT2D eigenvalue weighted by atomic mass is 19.3. The molecular formula is C13H18F2O4. The molecule has 0 unspecified atom stereocenters. The molecule has 0 aromatic rings. The Hall–Kier alpha value is -1.72. The number of esters is 2. The lowest BCUT2D eigenvalue weighted by atomic mass is 10.1. The summed E-state index contributed by atoms with van der Waals surface area (Å²) in [5.41, 5.74) is 0. The van der Waals surface area contributed by atoms with Crippen LogP contribution in [0.15, 0.2) is 25.3 Å². The van der Waals surface area contributed by atoms with Crippen LogP contribution in [0, 0.1) is 0 Å². The van der Waals surface area contributed by atoms with Gasteiger partial charge < -0.3 is 9.47 Å². The number of alkyl halides is 2. The highest BCUT2D eigenvalue weighted by molar-refractivity contribution is 5.81. The Bertz CT molecular complexity index is 327. The molecule has 0 saturated carbocycles. The molecule has 0 bridgehead atoms. The van der Waals surface area contributed by atoms with Gasteiger partial charge in [0.15, 0.2) is 0 Å². The summed E-state index contributed by atoms with van der Waals surface area (Å²) in [7, 11) is 0. The maximum Gasteiger partial charge on any atom is 0.330 e. The van der Waals surface area contributed by atoms with Crippen LogP contribution in [0.4, 0.5) is 8.78 Å². The topological polar surface area (TPSA) is 52.6 Å². The summed E-state index contributed by atoms with van der Waals surface area (Å²) in [5.74, 6) is -4.18. The van der Waals surface area contributed by atoms with Crippen molar-refractivity contribution in [1.29, 1.82) is 0 Å². The van der Waals surface area contributed by atoms with Crippen LogP contribution in [0.25, 0.3) is 0 Å². The largest absolute Gasteiger partial charge is 0.463 e. The molecule has 19 heavy (non-hydrogen) atoms. The first kappa shape index (κ1) is 17.3. The predicted octanol–water partition coefficient (Wildman–Crippen LogP) is 2.64. The van der Waals surface area contributed by atoms with E-state index < -0.39 is 24.3 Å². The van der Waals surface area contributed by atoms with E-state index in [1.807, 2.05) is 0 Å². The fourth-order valence-corrected chi connectivity index (χ4v) is 1.20. The van der Waals surface area contributed by atoms with Crippen LogP contribution >= 0.6 is 0 Å². The number of carbonyl (C=O) groups excluding carboxylic acids is 2. The van der Waals surface area contributed by atoms with Crippen molar-refractivity contribution in [3.63, 3.8) is 0 Å². The van der Waals surface area contributed by atoms with Crippen molar-refractivity contribution in [2.45, 2.75) is 31.6 Å². The minimum Gasteiger partial charge on any atom is -0.463 e. The average Bonchev–Trinajstić information content (AvgIpc) is 2.37. The van der Waals surface area contributed by atoms with Crippen LogP contribution in [0.1, 0.15) is 25.7 Å². The van der Waals surface area contributed by atoms with Gasteiger partial charge in [-0.15, -0.1) is 0 Å². The molecule has 0 radical (unpaired) electrons. The molecule has 0 aliphatic carbocycles. The molecule has 0 fully saturated rings. The lowest BCUT2D eigenvalue weighted by molar-refractivity contribution is -0.140. The molecule has 0 aliphatic heterocycles. The van der Waals surface area contributed by atoms with Gasteiger partial charge in [0.1, 0.15) is 0 Å². The van der Waals surface area contributed by atoms with E-state index in [1.165, 1.54) is 0 Å². The zero-order valence-electron chi connectivity index (χ0n) is 10.7. The van der Waals surface area contributed by atoms with Gasteiger partial charge in [-0.3, -0.25) is 0 Å². The third-order valence-corrected chi connectivity index (χ3v) is 2.23. The van der Waals surface area contributed by atoms with E-state index in [2.05, 4.69) is 22.6 Å². The SMILES string of the molecule is C=CC(=O)OCCCCC(F)(F)CCOC(=O)C=C. The molecule has 0 heterocycles. The summed E-state index contributed by atoms with van der Waals surface area (Å²) in [6.07, 6.45) is 1.63. The average molecular weight is 276 g/mol. The number of ether oxygens (including phenoxy) is 2. The van der Waals surface area contributed by atoms with Crippen molar-refractivity contribution in [1.82, 2.24) is 0 Å². The highest BCUT2D eigenvalue weighted by Gasteiger charge is 2.28. The molecule has 0 aliphatic rings. The first-order valence-electron chi connectivity index (χ1n) is 5.87. The molecular weight excluding hydrogens is 258 g/mol. The Morgan fingerprint density at radius 1 is 0.947 bits per heavy atom. The van der Waals surface area contributed by atoms with Crippen LogP contribution in [-0.2, 0) is 19.1 Å². The molecule has 0 spiro atoms. The minimum absolute atomic E-state index is 0.0897. The van der Waals surface area contributed by atoms with E-state index in [9.17, 15) is 18.4 Å². The summed E-state index contributed by atoms with van der Waals surface area (Å²) in [6.45, 7) is 6.11. The molecule has 4 nitrogen and oxygen atoms in total. The zero-order valence-corrected chi connectivity index (χ0v) is 10.7. The molecule has 0 N–H and O–H groups in total. The quantitative estimate of drug-likeness (QED) is 0.350. The number of carbonyl (C=O) groups is 2. The summed E-state index contributed by atoms with van der Waals surface area (Å²) < 4.78 is 35.7. The van der Waals surface area contributed by atoms with Gasteiger partial charge in [-0.25, -0.2) is 18.4 Å². The Labute approximate surface area is 111 Å². The molecule has 0 aromatic carbocycles. The van der Waals surface area contributed by atoms with Crippen LogP contribution in [0.2, 0.25) is 0 Å². The summed E-state index contributed by atoms with van der Waals surface area (Å²) in [4.78, 5) is 21.3. The molecule has 0 atom stereocenters. The standard InChI is InChI=1S/C13H18F2O4/c1-3-11(16)18-9-6-5-7-13(14,15)8-10-19-12(17)4-2/h3-4H,1-2,5-10H2. The third kappa shape index (κ3) is 9.93. The van der Waals surface area contributed by atoms with E-state index in [-0.39, 0.29) is 26.1 Å². The summed E-state index contributed by atoms with van der Waals surface area (Å²) >= 11 is 0. The Balaban J connectivity index is 3.66. The maximum absolute atomic E-state index is 13.3. The van der Waals surface area contributed by atoms with Gasteiger partial charge in [-0.05, 0) is 12.8 Å². The first-order valence-corrected chi connectivity index (χ1v) is 5.87. The summed E-state index contributed by atoms with van der Waals surface area (Å²) in [6, 6.07) is 0. The molecule has 0 amide bonds. The van der Waals surface area contributed by atoms with E-state index in [0.717, 1.165) is 12.2 Å². The van der Waals surface area contributed by atoms with Crippen LogP contribution in [-0.4, -0.2) is 31.1 Å². The van der Waals surface area contributed by atoms with E-state index >= 15 is 0 Å². The zero-order chi connectivity index (χ0) is 14.7. The Kier molecular flexibility index (Phi) is 8.41. The van der Waals surface area contributed by atoms with Gasteiger partial charge >= 0.3 is 11.9 Å². The van der Waals surface area contributed by atoms with E-state index in [4.69, 9.17) is 0 Å². The minimum atomic E-state index is -2.90. The van der Waals surface area contributed by atoms with Gasteiger partial charge in [-0.2, -0.15) is 0 Å². The van der Waals surface area contributed by atoms with E-state index in [0.29, 0.717) is 6.42 Å². The van der Waals surface area contributed by atoms with Crippen molar-refractivity contribution < 1.29 is 27.8 Å². The molecule has 108 valence electrons. The van der Waals surface area contributed by atoms with Crippen molar-refractivity contribution in [3.8, 4) is 0 Å². The number of halogens is 2. The third-order valence-electron chi connectivity index (χ3n) is 2.23. The van der Waals surface area contributed by atoms with Gasteiger partial charge in [0.05, 0.1) is 13.2 Å². The fraction of sp³-hybridized carbons (Fsp3) is 0.538. The molecule has 6 heteroatoms. The number of hydrogen-bond acceptors (Lipinski definition) is 4. The fourth-order valence-electron chi connectivity index (χ4n) is 1.20. The smallest absolute Gasteiger partial charge is 0.330 e. The number of rotatable bonds is 10. The van der Waals surface area contributed by atoms with Gasteiger partial charge in [-0.1, -0.05) is 13.2 Å². The van der Waals surface area contributed by atoms with Crippen LogP contribution in [0.5, 0.6) is 0 Å². The summed E-state index contributed by atoms with van der Waals surface area (Å²) in [5, 5.41) is 0. The number of hydrogen-bond donors (Lipinski definition) is 0. The lowest BCUT2D eigenvalue weighted by Crippen LogP contribution is -2.20.